The molecule has 3 aromatic rings. The fraction of sp³-hybridized carbons (Fsp3) is 0.514. The molecular weight excluding hydrogens is 643 g/mol. The van der Waals surface area contributed by atoms with Gasteiger partial charge in [-0.15, -0.1) is 11.3 Å². The van der Waals surface area contributed by atoms with Crippen LogP contribution in [0.15, 0.2) is 72.4 Å². The molecule has 2 N–H and O–H groups in total. The third-order valence-electron chi connectivity index (χ3n) is 8.78. The number of alkyl carbamates (subject to hydrolysis) is 1. The van der Waals surface area contributed by atoms with E-state index in [1.165, 1.54) is 11.3 Å². The first-order valence-corrected chi connectivity index (χ1v) is 18.0. The third-order valence-corrected chi connectivity index (χ3v) is 9.54. The average Bonchev–Trinajstić information content (AvgIpc) is 3.78. The van der Waals surface area contributed by atoms with E-state index in [-0.39, 0.29) is 30.6 Å². The number of nitrogens with zero attached hydrogens (tertiary/aromatic N) is 3. The molecule has 2 aromatic carbocycles. The quantitative estimate of drug-likeness (QED) is 0.251. The van der Waals surface area contributed by atoms with E-state index in [0.29, 0.717) is 51.9 Å². The molecule has 264 valence electrons. The van der Waals surface area contributed by atoms with Crippen LogP contribution in [-0.4, -0.2) is 95.5 Å². The molecule has 0 aliphatic carbocycles. The number of hydrogen-bond donors (Lipinski definition) is 2. The van der Waals surface area contributed by atoms with Crippen molar-refractivity contribution in [1.29, 1.82) is 0 Å². The molecule has 1 aromatic heterocycles. The van der Waals surface area contributed by atoms with Gasteiger partial charge >= 0.3 is 12.2 Å². The summed E-state index contributed by atoms with van der Waals surface area (Å²) < 4.78 is 16.8. The lowest BCUT2D eigenvalue weighted by Gasteiger charge is -2.32. The summed E-state index contributed by atoms with van der Waals surface area (Å²) in [5.74, 6) is -0.195. The fourth-order valence-corrected chi connectivity index (χ4v) is 6.90. The topological polar surface area (TPSA) is 122 Å². The van der Waals surface area contributed by atoms with Gasteiger partial charge in [0.15, 0.2) is 0 Å². The normalized spacial score (nSPS) is 19.5. The summed E-state index contributed by atoms with van der Waals surface area (Å²) in [6.07, 6.45) is 3.64. The van der Waals surface area contributed by atoms with E-state index in [2.05, 4.69) is 20.5 Å². The molecule has 0 bridgehead atoms. The monoisotopic (exact) mass is 691 g/mol. The Kier molecular flexibility index (Phi) is 13.0. The van der Waals surface area contributed by atoms with Crippen molar-refractivity contribution in [3.8, 4) is 0 Å². The minimum Gasteiger partial charge on any atom is -0.444 e. The number of ether oxygens (including phenoxy) is 3. The molecule has 4 atom stereocenters. The van der Waals surface area contributed by atoms with Gasteiger partial charge in [-0.1, -0.05) is 60.7 Å². The number of rotatable bonds is 13. The van der Waals surface area contributed by atoms with Crippen LogP contribution in [0.4, 0.5) is 9.59 Å². The maximum absolute atomic E-state index is 14.2. The number of aromatic nitrogens is 1. The van der Waals surface area contributed by atoms with Gasteiger partial charge in [0.2, 0.25) is 5.91 Å². The van der Waals surface area contributed by atoms with Crippen molar-refractivity contribution in [3.05, 3.63) is 88.4 Å². The molecule has 0 radical (unpaired) electrons. The van der Waals surface area contributed by atoms with Gasteiger partial charge in [-0.2, -0.15) is 0 Å². The predicted molar refractivity (Wildman–Crippen MR) is 188 cm³/mol. The molecule has 0 unspecified atom stereocenters. The van der Waals surface area contributed by atoms with E-state index < -0.39 is 23.8 Å². The molecular formula is C37H49N5O6S. The van der Waals surface area contributed by atoms with Crippen LogP contribution >= 0.6 is 11.3 Å². The number of hydrogen-bond acceptors (Lipinski definition) is 9. The fourth-order valence-electron chi connectivity index (χ4n) is 6.40. The molecule has 2 aliphatic rings. The second-order valence-electron chi connectivity index (χ2n) is 13.7. The van der Waals surface area contributed by atoms with Crippen molar-refractivity contribution in [2.24, 2.45) is 0 Å². The number of morpholine rings is 1. The summed E-state index contributed by atoms with van der Waals surface area (Å²) in [7, 11) is 0. The lowest BCUT2D eigenvalue weighted by atomic mass is 9.95. The van der Waals surface area contributed by atoms with Gasteiger partial charge in [0, 0.05) is 44.0 Å². The van der Waals surface area contributed by atoms with Crippen LogP contribution in [0, 0.1) is 0 Å². The summed E-state index contributed by atoms with van der Waals surface area (Å²) in [5, 5.41) is 6.38. The van der Waals surface area contributed by atoms with Crippen LogP contribution in [0.1, 0.15) is 56.0 Å². The summed E-state index contributed by atoms with van der Waals surface area (Å²) in [6, 6.07) is 18.9. The summed E-state index contributed by atoms with van der Waals surface area (Å²) in [5.41, 5.74) is 3.20. The molecule has 3 heterocycles. The summed E-state index contributed by atoms with van der Waals surface area (Å²) >= 11 is 1.43. The zero-order valence-corrected chi connectivity index (χ0v) is 29.5. The lowest BCUT2D eigenvalue weighted by molar-refractivity contribution is -0.126. The predicted octanol–water partition coefficient (Wildman–Crippen LogP) is 5.20. The van der Waals surface area contributed by atoms with E-state index in [1.807, 2.05) is 81.4 Å². The van der Waals surface area contributed by atoms with Crippen LogP contribution < -0.4 is 10.6 Å². The van der Waals surface area contributed by atoms with Crippen molar-refractivity contribution < 1.29 is 28.6 Å². The second-order valence-corrected chi connectivity index (χ2v) is 14.7. The average molecular weight is 692 g/mol. The molecule has 0 spiro atoms. The van der Waals surface area contributed by atoms with E-state index in [1.54, 1.807) is 16.6 Å². The number of benzene rings is 2. The van der Waals surface area contributed by atoms with Crippen LogP contribution in [0.3, 0.4) is 0 Å². The Morgan fingerprint density at radius 1 is 0.939 bits per heavy atom. The lowest BCUT2D eigenvalue weighted by Crippen LogP contribution is -2.50. The SMILES string of the molecule is CC(C)(C)OC(=O)N1C[C@@H](N2CCOCC2)C[C@H]1C(=O)N[C@H](CC[C@H](Cc1ccccc1)NC(=O)OCc1cncs1)Cc1ccccc1. The maximum atomic E-state index is 14.2. The zero-order valence-electron chi connectivity index (χ0n) is 28.7. The Balaban J connectivity index is 1.30. The van der Waals surface area contributed by atoms with Gasteiger partial charge in [-0.25, -0.2) is 9.59 Å². The molecule has 3 amide bonds. The molecule has 2 aliphatic heterocycles. The highest BCUT2D eigenvalue weighted by Gasteiger charge is 2.44. The van der Waals surface area contributed by atoms with E-state index in [9.17, 15) is 14.4 Å². The van der Waals surface area contributed by atoms with Crippen molar-refractivity contribution in [2.75, 3.05) is 32.8 Å². The van der Waals surface area contributed by atoms with Crippen LogP contribution in [0.5, 0.6) is 0 Å². The van der Waals surface area contributed by atoms with Crippen LogP contribution in [-0.2, 0) is 38.5 Å². The highest BCUT2D eigenvalue weighted by atomic mass is 32.1. The molecule has 0 saturated carbocycles. The first kappa shape index (κ1) is 36.3. The van der Waals surface area contributed by atoms with Gasteiger partial charge in [-0.3, -0.25) is 19.6 Å². The smallest absolute Gasteiger partial charge is 0.411 e. The number of carbonyl (C=O) groups excluding carboxylic acids is 3. The third kappa shape index (κ3) is 11.5. The number of likely N-dealkylation sites (tertiary alicyclic amines) is 1. The van der Waals surface area contributed by atoms with Crippen molar-refractivity contribution in [3.63, 3.8) is 0 Å². The number of carbonyl (C=O) groups is 3. The number of nitrogens with one attached hydrogen (secondary N) is 2. The Labute approximate surface area is 293 Å². The molecule has 49 heavy (non-hydrogen) atoms. The van der Waals surface area contributed by atoms with Gasteiger partial charge in [0.1, 0.15) is 18.2 Å². The van der Waals surface area contributed by atoms with Crippen molar-refractivity contribution in [2.45, 2.75) is 89.3 Å². The van der Waals surface area contributed by atoms with Crippen LogP contribution in [0.2, 0.25) is 0 Å². The van der Waals surface area contributed by atoms with Crippen molar-refractivity contribution >= 4 is 29.4 Å². The second kappa shape index (κ2) is 17.6. The largest absolute Gasteiger partial charge is 0.444 e. The van der Waals surface area contributed by atoms with E-state index in [0.717, 1.165) is 29.1 Å². The number of amides is 3. The minimum atomic E-state index is -0.687. The summed E-state index contributed by atoms with van der Waals surface area (Å²) in [4.78, 5) is 49.3. The Hall–Kier alpha value is -4.00. The van der Waals surface area contributed by atoms with Crippen LogP contribution in [0.25, 0.3) is 0 Å². The molecule has 5 rings (SSSR count). The Bertz CT molecular complexity index is 1460. The highest BCUT2D eigenvalue weighted by molar-refractivity contribution is 7.09. The minimum absolute atomic E-state index is 0.0372. The Morgan fingerprint density at radius 3 is 2.12 bits per heavy atom. The summed E-state index contributed by atoms with van der Waals surface area (Å²) in [6.45, 7) is 8.87. The van der Waals surface area contributed by atoms with Gasteiger partial charge in [-0.05, 0) is 64.0 Å². The zero-order chi connectivity index (χ0) is 34.6. The van der Waals surface area contributed by atoms with Gasteiger partial charge < -0.3 is 24.8 Å². The Morgan fingerprint density at radius 2 is 1.55 bits per heavy atom. The van der Waals surface area contributed by atoms with Crippen molar-refractivity contribution in [1.82, 2.24) is 25.4 Å². The standard InChI is InChI=1S/C37H49N5O6S/c1-37(2,3)48-36(45)42-24-31(41-16-18-46-19-17-41)22-33(42)34(43)39-29(20-27-10-6-4-7-11-27)14-15-30(21-28-12-8-5-9-13-28)40-35(44)47-25-32-23-38-26-49-32/h4-13,23,26,29-31,33H,14-22,24-25H2,1-3H3,(H,39,43)(H,40,44)/t29-,30-,31+,33+/m1/s1. The first-order valence-electron chi connectivity index (χ1n) is 17.1. The van der Waals surface area contributed by atoms with Gasteiger partial charge in [0.25, 0.3) is 0 Å². The maximum Gasteiger partial charge on any atom is 0.411 e. The number of thiazole rings is 1. The molecule has 12 heteroatoms. The van der Waals surface area contributed by atoms with E-state index in [4.69, 9.17) is 14.2 Å². The van der Waals surface area contributed by atoms with E-state index >= 15 is 0 Å². The molecule has 11 nitrogen and oxygen atoms in total. The van der Waals surface area contributed by atoms with Gasteiger partial charge in [0.05, 0.1) is 23.6 Å². The highest BCUT2D eigenvalue weighted by Crippen LogP contribution is 2.26. The molecule has 2 fully saturated rings. The molecule has 2 saturated heterocycles. The first-order chi connectivity index (χ1) is 23.6.